The van der Waals surface area contributed by atoms with Crippen molar-refractivity contribution in [2.24, 2.45) is 0 Å². The molecule has 0 saturated carbocycles. The molecule has 2 aromatic carbocycles. The molecule has 1 fully saturated rings. The number of carbonyl (C=O) groups is 3. The summed E-state index contributed by atoms with van der Waals surface area (Å²) in [5.41, 5.74) is 0.747. The van der Waals surface area contributed by atoms with Crippen LogP contribution >= 0.6 is 0 Å². The summed E-state index contributed by atoms with van der Waals surface area (Å²) in [5, 5.41) is 4.99. The molecule has 33 heavy (non-hydrogen) atoms. The van der Waals surface area contributed by atoms with E-state index in [1.165, 1.54) is 35.5 Å². The summed E-state index contributed by atoms with van der Waals surface area (Å²) in [6.45, 7) is 2.27. The third kappa shape index (κ3) is 6.60. The molecule has 1 saturated heterocycles. The van der Waals surface area contributed by atoms with Crippen LogP contribution in [0.3, 0.4) is 0 Å². The monoisotopic (exact) mass is 475 g/mol. The quantitative estimate of drug-likeness (QED) is 0.545. The first-order valence-corrected chi connectivity index (χ1v) is 11.7. The maximum absolute atomic E-state index is 12.6. The molecule has 1 aliphatic rings. The van der Waals surface area contributed by atoms with Crippen LogP contribution in [0.25, 0.3) is 0 Å². The molecular weight excluding hydrogens is 450 g/mol. The number of carbonyl (C=O) groups excluding carboxylic acids is 3. The molecule has 0 radical (unpaired) electrons. The van der Waals surface area contributed by atoms with E-state index in [-0.39, 0.29) is 24.5 Å². The highest BCUT2D eigenvalue weighted by molar-refractivity contribution is 7.89. The SMILES string of the molecule is C[C@@H](OC(=O)CNC(=O)c1ccccc1)C(=O)Nc1ccc(S(=O)(=O)N2CCOCC2)cc1. The van der Waals surface area contributed by atoms with Crippen LogP contribution in [0.2, 0.25) is 0 Å². The highest BCUT2D eigenvalue weighted by Gasteiger charge is 2.26. The van der Waals surface area contributed by atoms with Crippen LogP contribution in [0.4, 0.5) is 5.69 Å². The second-order valence-electron chi connectivity index (χ2n) is 7.21. The summed E-state index contributed by atoms with van der Waals surface area (Å²) in [7, 11) is -3.64. The van der Waals surface area contributed by atoms with Crippen LogP contribution < -0.4 is 10.6 Å². The molecule has 0 bridgehead atoms. The maximum Gasteiger partial charge on any atom is 0.326 e. The Morgan fingerprint density at radius 2 is 1.67 bits per heavy atom. The number of esters is 1. The normalized spacial score (nSPS) is 15.3. The van der Waals surface area contributed by atoms with Gasteiger partial charge in [0.15, 0.2) is 6.10 Å². The summed E-state index contributed by atoms with van der Waals surface area (Å²) in [6, 6.07) is 14.1. The van der Waals surface area contributed by atoms with Crippen LogP contribution in [0, 0.1) is 0 Å². The zero-order valence-corrected chi connectivity index (χ0v) is 18.8. The Morgan fingerprint density at radius 1 is 1.03 bits per heavy atom. The number of hydrogen-bond acceptors (Lipinski definition) is 7. The van der Waals surface area contributed by atoms with Gasteiger partial charge in [0, 0.05) is 24.3 Å². The molecule has 1 heterocycles. The lowest BCUT2D eigenvalue weighted by Crippen LogP contribution is -2.40. The number of nitrogens with one attached hydrogen (secondary N) is 2. The smallest absolute Gasteiger partial charge is 0.326 e. The Kier molecular flexibility index (Phi) is 8.15. The number of anilines is 1. The van der Waals surface area contributed by atoms with Gasteiger partial charge in [-0.1, -0.05) is 18.2 Å². The third-order valence-electron chi connectivity index (χ3n) is 4.84. The minimum atomic E-state index is -3.64. The number of ether oxygens (including phenoxy) is 2. The third-order valence-corrected chi connectivity index (χ3v) is 6.75. The average molecular weight is 476 g/mol. The lowest BCUT2D eigenvalue weighted by molar-refractivity contribution is -0.152. The predicted molar refractivity (Wildman–Crippen MR) is 119 cm³/mol. The first-order valence-electron chi connectivity index (χ1n) is 10.3. The van der Waals surface area contributed by atoms with Gasteiger partial charge in [-0.15, -0.1) is 0 Å². The van der Waals surface area contributed by atoms with Gasteiger partial charge in [0.2, 0.25) is 10.0 Å². The number of rotatable bonds is 8. The Hall–Kier alpha value is -3.28. The fourth-order valence-electron chi connectivity index (χ4n) is 3.03. The molecule has 2 aromatic rings. The minimum Gasteiger partial charge on any atom is -0.451 e. The molecule has 2 amide bonds. The fraction of sp³-hybridized carbons (Fsp3) is 0.318. The average Bonchev–Trinajstić information content (AvgIpc) is 2.84. The van der Waals surface area contributed by atoms with Crippen molar-refractivity contribution in [1.29, 1.82) is 0 Å². The number of amides is 2. The van der Waals surface area contributed by atoms with E-state index in [1.807, 2.05) is 0 Å². The second kappa shape index (κ2) is 11.0. The van der Waals surface area contributed by atoms with E-state index in [1.54, 1.807) is 30.3 Å². The van der Waals surface area contributed by atoms with Gasteiger partial charge in [-0.25, -0.2) is 8.42 Å². The second-order valence-corrected chi connectivity index (χ2v) is 9.15. The molecule has 176 valence electrons. The number of morpholine rings is 1. The van der Waals surface area contributed by atoms with E-state index in [0.29, 0.717) is 24.5 Å². The molecule has 3 rings (SSSR count). The Bertz CT molecular complexity index is 1080. The molecule has 1 aliphatic heterocycles. The van der Waals surface area contributed by atoms with Crippen molar-refractivity contribution >= 4 is 33.5 Å². The molecule has 0 spiro atoms. The maximum atomic E-state index is 12.6. The van der Waals surface area contributed by atoms with Gasteiger partial charge in [0.25, 0.3) is 11.8 Å². The highest BCUT2D eigenvalue weighted by Crippen LogP contribution is 2.19. The summed E-state index contributed by atoms with van der Waals surface area (Å²) < 4.78 is 36.9. The van der Waals surface area contributed by atoms with E-state index in [9.17, 15) is 22.8 Å². The van der Waals surface area contributed by atoms with Crippen LogP contribution in [-0.4, -0.2) is 69.5 Å². The molecule has 1 atom stereocenters. The van der Waals surface area contributed by atoms with Crippen molar-refractivity contribution in [2.75, 3.05) is 38.2 Å². The van der Waals surface area contributed by atoms with Gasteiger partial charge in [-0.3, -0.25) is 14.4 Å². The largest absolute Gasteiger partial charge is 0.451 e. The molecule has 0 aliphatic carbocycles. The summed E-state index contributed by atoms with van der Waals surface area (Å²) in [5.74, 6) is -1.80. The first-order chi connectivity index (χ1) is 15.8. The lowest BCUT2D eigenvalue weighted by atomic mass is 10.2. The van der Waals surface area contributed by atoms with Gasteiger partial charge in [-0.05, 0) is 43.3 Å². The Balaban J connectivity index is 1.49. The van der Waals surface area contributed by atoms with Crippen molar-refractivity contribution in [3.05, 3.63) is 60.2 Å². The fourth-order valence-corrected chi connectivity index (χ4v) is 4.43. The molecule has 10 nitrogen and oxygen atoms in total. The van der Waals surface area contributed by atoms with Gasteiger partial charge in [0.1, 0.15) is 6.54 Å². The van der Waals surface area contributed by atoms with Gasteiger partial charge < -0.3 is 20.1 Å². The van der Waals surface area contributed by atoms with Gasteiger partial charge >= 0.3 is 5.97 Å². The van der Waals surface area contributed by atoms with Crippen LogP contribution in [0.5, 0.6) is 0 Å². The van der Waals surface area contributed by atoms with Crippen molar-refractivity contribution in [1.82, 2.24) is 9.62 Å². The van der Waals surface area contributed by atoms with Crippen LogP contribution in [0.1, 0.15) is 17.3 Å². The van der Waals surface area contributed by atoms with Crippen molar-refractivity contribution in [3.8, 4) is 0 Å². The van der Waals surface area contributed by atoms with E-state index in [4.69, 9.17) is 9.47 Å². The van der Waals surface area contributed by atoms with E-state index in [2.05, 4.69) is 10.6 Å². The highest BCUT2D eigenvalue weighted by atomic mass is 32.2. The minimum absolute atomic E-state index is 0.107. The molecule has 11 heteroatoms. The van der Waals surface area contributed by atoms with E-state index < -0.39 is 33.9 Å². The zero-order valence-electron chi connectivity index (χ0n) is 18.0. The van der Waals surface area contributed by atoms with Crippen molar-refractivity contribution in [3.63, 3.8) is 0 Å². The van der Waals surface area contributed by atoms with Crippen LogP contribution in [0.15, 0.2) is 59.5 Å². The number of nitrogens with zero attached hydrogens (tertiary/aromatic N) is 1. The lowest BCUT2D eigenvalue weighted by Gasteiger charge is -2.26. The van der Waals surface area contributed by atoms with E-state index >= 15 is 0 Å². The van der Waals surface area contributed by atoms with E-state index in [0.717, 1.165) is 0 Å². The Labute approximate surface area is 191 Å². The van der Waals surface area contributed by atoms with Crippen molar-refractivity contribution in [2.45, 2.75) is 17.9 Å². The molecule has 2 N–H and O–H groups in total. The van der Waals surface area contributed by atoms with Crippen LogP contribution in [-0.2, 0) is 29.1 Å². The molecule has 0 unspecified atom stereocenters. The summed E-state index contributed by atoms with van der Waals surface area (Å²) in [4.78, 5) is 36.3. The number of hydrogen-bond donors (Lipinski definition) is 2. The van der Waals surface area contributed by atoms with Crippen molar-refractivity contribution < 1.29 is 32.3 Å². The topological polar surface area (TPSA) is 131 Å². The number of sulfonamides is 1. The standard InChI is InChI=1S/C22H25N3O7S/c1-16(32-20(26)15-23-22(28)17-5-3-2-4-6-17)21(27)24-18-7-9-19(10-8-18)33(29,30)25-11-13-31-14-12-25/h2-10,16H,11-15H2,1H3,(H,23,28)(H,24,27)/t16-/m1/s1. The van der Waals surface area contributed by atoms with Gasteiger partial charge in [-0.2, -0.15) is 4.31 Å². The van der Waals surface area contributed by atoms with Gasteiger partial charge in [0.05, 0.1) is 18.1 Å². The predicted octanol–water partition coefficient (Wildman–Crippen LogP) is 1.01. The first kappa shape index (κ1) is 24.4. The zero-order chi connectivity index (χ0) is 23.8. The Morgan fingerprint density at radius 3 is 2.30 bits per heavy atom. The summed E-state index contributed by atoms with van der Waals surface area (Å²) in [6.07, 6.45) is -1.12. The molecule has 0 aromatic heterocycles. The number of benzene rings is 2. The summed E-state index contributed by atoms with van der Waals surface area (Å²) >= 11 is 0. The molecular formula is C22H25N3O7S.